The quantitative estimate of drug-likeness (QED) is 0.0451. The van der Waals surface area contributed by atoms with Crippen molar-refractivity contribution in [3.05, 3.63) is 75.6 Å². The Labute approximate surface area is 298 Å². The number of aromatic nitrogens is 3. The summed E-state index contributed by atoms with van der Waals surface area (Å²) in [5.41, 5.74) is 6.58. The van der Waals surface area contributed by atoms with Crippen molar-refractivity contribution < 1.29 is 22.0 Å². The minimum atomic E-state index is -4.55. The van der Waals surface area contributed by atoms with Gasteiger partial charge in [-0.05, 0) is 119 Å². The number of benzene rings is 2. The highest BCUT2D eigenvalue weighted by Gasteiger charge is 2.34. The largest absolute Gasteiger partial charge is 0.416 e. The zero-order valence-corrected chi connectivity index (χ0v) is 30.0. The monoisotopic (exact) mass is 731 g/mol. The predicted molar refractivity (Wildman–Crippen MR) is 194 cm³/mol. The van der Waals surface area contributed by atoms with Gasteiger partial charge in [0.15, 0.2) is 0 Å². The summed E-state index contributed by atoms with van der Waals surface area (Å²) in [5.74, 6) is -0.111. The van der Waals surface area contributed by atoms with Crippen molar-refractivity contribution in [1.82, 2.24) is 24.8 Å². The number of aryl methyl sites for hydroxylation is 1. The molecule has 1 aliphatic rings. The fraction of sp³-hybridized carbons (Fsp3) is 0.486. The van der Waals surface area contributed by atoms with Crippen LogP contribution in [-0.2, 0) is 12.6 Å². The van der Waals surface area contributed by atoms with Crippen LogP contribution in [-0.4, -0.2) is 63.4 Å². The Morgan fingerprint density at radius 3 is 2.65 bits per heavy atom. The lowest BCUT2D eigenvalue weighted by molar-refractivity contribution is -0.137. The Morgan fingerprint density at radius 2 is 1.96 bits per heavy atom. The van der Waals surface area contributed by atoms with E-state index in [9.17, 15) is 22.4 Å². The van der Waals surface area contributed by atoms with E-state index in [1.165, 1.54) is 28.6 Å². The number of nitrogens with two attached hydrogens (primary N) is 1. The molecule has 2 aromatic carbocycles. The molecule has 1 aliphatic heterocycles. The molecular weight excluding hydrogens is 686 g/mol. The van der Waals surface area contributed by atoms with Gasteiger partial charge < -0.3 is 16.0 Å². The number of likely N-dealkylation sites (tertiary alicyclic amines) is 1. The molecule has 276 valence electrons. The van der Waals surface area contributed by atoms with E-state index < -0.39 is 29.9 Å². The van der Waals surface area contributed by atoms with E-state index in [0.717, 1.165) is 31.4 Å². The van der Waals surface area contributed by atoms with Gasteiger partial charge in [0, 0.05) is 59.0 Å². The summed E-state index contributed by atoms with van der Waals surface area (Å²) in [6.07, 6.45) is 4.08. The molecule has 0 amide bonds. The molecule has 0 saturated carbocycles. The fourth-order valence-electron chi connectivity index (χ4n) is 7.09. The average Bonchev–Trinajstić information content (AvgIpc) is 3.49. The van der Waals surface area contributed by atoms with Gasteiger partial charge in [0.25, 0.3) is 0 Å². The standard InChI is InChI=1S/C37H46F5N7OS/c1-22(43)7-4-8-24-15-25(17-27(16-24)37(40,41)42)31-18-26-21-49(36(50)47-35(26)46-31)29-19-30(39)34(33(20-29)51-3)32-10-5-9-28(11-13-45-23(2)44)48(32)14-6-12-38/h15-22,28,32H,4-14,43H2,1-3H3,(H2,44,45)(H,46,47,50)/t22-,28-,32-/m0/s1. The maximum absolute atomic E-state index is 16.3. The summed E-state index contributed by atoms with van der Waals surface area (Å²) in [4.78, 5) is 23.4. The van der Waals surface area contributed by atoms with Crippen LogP contribution in [0.2, 0.25) is 0 Å². The van der Waals surface area contributed by atoms with Crippen LogP contribution in [0.4, 0.5) is 22.0 Å². The first-order valence-electron chi connectivity index (χ1n) is 17.4. The Bertz CT molecular complexity index is 1890. The average molecular weight is 732 g/mol. The summed E-state index contributed by atoms with van der Waals surface area (Å²) in [6, 6.07) is 8.38. The van der Waals surface area contributed by atoms with Gasteiger partial charge in [0.2, 0.25) is 0 Å². The van der Waals surface area contributed by atoms with Crippen LogP contribution in [0.3, 0.4) is 0 Å². The Hall–Kier alpha value is -3.75. The molecule has 1 saturated heterocycles. The highest BCUT2D eigenvalue weighted by Crippen LogP contribution is 2.42. The first kappa shape index (κ1) is 38.5. The molecule has 0 aliphatic carbocycles. The smallest absolute Gasteiger partial charge is 0.374 e. The molecular formula is C37H46F5N7OS. The van der Waals surface area contributed by atoms with Gasteiger partial charge in [-0.25, -0.2) is 9.18 Å². The van der Waals surface area contributed by atoms with Gasteiger partial charge in [-0.2, -0.15) is 18.2 Å². The number of thioether (sulfide) groups is 1. The first-order valence-corrected chi connectivity index (χ1v) is 18.6. The molecule has 0 unspecified atom stereocenters. The number of hydrogen-bond donors (Lipinski definition) is 4. The van der Waals surface area contributed by atoms with Crippen molar-refractivity contribution in [3.63, 3.8) is 0 Å². The first-order chi connectivity index (χ1) is 24.3. The molecule has 51 heavy (non-hydrogen) atoms. The van der Waals surface area contributed by atoms with Crippen LogP contribution in [0.25, 0.3) is 28.0 Å². The number of aromatic amines is 1. The summed E-state index contributed by atoms with van der Waals surface area (Å²) in [7, 11) is 0. The van der Waals surface area contributed by atoms with E-state index in [-0.39, 0.29) is 29.5 Å². The summed E-state index contributed by atoms with van der Waals surface area (Å²) >= 11 is 1.36. The van der Waals surface area contributed by atoms with Crippen LogP contribution in [0.15, 0.2) is 52.3 Å². The molecule has 3 atom stereocenters. The molecule has 0 radical (unpaired) electrons. The second-order valence-electron chi connectivity index (χ2n) is 13.4. The number of rotatable bonds is 14. The minimum absolute atomic E-state index is 0.0581. The minimum Gasteiger partial charge on any atom is -0.374 e. The fourth-order valence-corrected chi connectivity index (χ4v) is 7.78. The second-order valence-corrected chi connectivity index (χ2v) is 14.3. The number of fused-ring (bicyclic) bond motifs is 1. The topological polar surface area (TPSA) is 116 Å². The highest BCUT2D eigenvalue weighted by atomic mass is 32.2. The predicted octanol–water partition coefficient (Wildman–Crippen LogP) is 8.16. The number of H-pyrrole nitrogens is 1. The van der Waals surface area contributed by atoms with E-state index in [0.29, 0.717) is 83.7 Å². The summed E-state index contributed by atoms with van der Waals surface area (Å²) in [5, 5.41) is 11.2. The van der Waals surface area contributed by atoms with Crippen LogP contribution in [0, 0.1) is 11.2 Å². The number of nitrogens with one attached hydrogen (secondary N) is 3. The lowest BCUT2D eigenvalue weighted by atomic mass is 9.88. The van der Waals surface area contributed by atoms with Gasteiger partial charge in [0.05, 0.1) is 23.8 Å². The van der Waals surface area contributed by atoms with Crippen LogP contribution in [0.5, 0.6) is 0 Å². The zero-order valence-electron chi connectivity index (χ0n) is 29.2. The molecule has 1 fully saturated rings. The Balaban J connectivity index is 1.49. The van der Waals surface area contributed by atoms with E-state index in [1.807, 2.05) is 13.2 Å². The molecule has 4 aromatic rings. The lowest BCUT2D eigenvalue weighted by Crippen LogP contribution is -2.44. The number of piperidine rings is 1. The van der Waals surface area contributed by atoms with Crippen LogP contribution >= 0.6 is 11.8 Å². The second kappa shape index (κ2) is 16.7. The van der Waals surface area contributed by atoms with Crippen molar-refractivity contribution in [3.8, 4) is 16.9 Å². The lowest BCUT2D eigenvalue weighted by Gasteiger charge is -2.43. The zero-order chi connectivity index (χ0) is 36.9. The third-order valence-corrected chi connectivity index (χ3v) is 10.3. The van der Waals surface area contributed by atoms with Crippen LogP contribution < -0.4 is 16.7 Å². The van der Waals surface area contributed by atoms with Crippen LogP contribution in [0.1, 0.15) is 81.5 Å². The molecule has 5 N–H and O–H groups in total. The number of hydrogen-bond acceptors (Lipinski definition) is 6. The summed E-state index contributed by atoms with van der Waals surface area (Å²) in [6.45, 7) is 4.12. The van der Waals surface area contributed by atoms with Crippen molar-refractivity contribution >= 4 is 28.6 Å². The molecule has 3 heterocycles. The Kier molecular flexibility index (Phi) is 12.6. The highest BCUT2D eigenvalue weighted by molar-refractivity contribution is 7.98. The normalized spacial score (nSPS) is 17.6. The van der Waals surface area contributed by atoms with Crippen molar-refractivity contribution in [2.45, 2.75) is 94.4 Å². The van der Waals surface area contributed by atoms with E-state index in [2.05, 4.69) is 20.2 Å². The molecule has 0 spiro atoms. The van der Waals surface area contributed by atoms with Gasteiger partial charge >= 0.3 is 11.9 Å². The number of halogens is 5. The van der Waals surface area contributed by atoms with E-state index >= 15 is 4.39 Å². The third kappa shape index (κ3) is 9.38. The van der Waals surface area contributed by atoms with Crippen molar-refractivity contribution in [2.24, 2.45) is 5.73 Å². The number of amidine groups is 1. The van der Waals surface area contributed by atoms with Crippen molar-refractivity contribution in [2.75, 3.05) is 26.0 Å². The number of alkyl halides is 4. The van der Waals surface area contributed by atoms with Gasteiger partial charge in [-0.3, -0.25) is 19.3 Å². The molecule has 8 nitrogen and oxygen atoms in total. The van der Waals surface area contributed by atoms with E-state index in [4.69, 9.17) is 11.1 Å². The number of nitrogens with zero attached hydrogens (tertiary/aromatic N) is 3. The maximum Gasteiger partial charge on any atom is 0.416 e. The van der Waals surface area contributed by atoms with Gasteiger partial charge in [-0.1, -0.05) is 0 Å². The van der Waals surface area contributed by atoms with Gasteiger partial charge in [0.1, 0.15) is 11.5 Å². The molecule has 14 heteroatoms. The van der Waals surface area contributed by atoms with Crippen molar-refractivity contribution in [1.29, 1.82) is 5.41 Å². The molecule has 0 bridgehead atoms. The Morgan fingerprint density at radius 1 is 1.18 bits per heavy atom. The van der Waals surface area contributed by atoms with Gasteiger partial charge in [-0.15, -0.1) is 11.8 Å². The molecule has 5 rings (SSSR count). The molecule has 2 aromatic heterocycles. The summed E-state index contributed by atoms with van der Waals surface area (Å²) < 4.78 is 72.6. The van der Waals surface area contributed by atoms with E-state index in [1.54, 1.807) is 25.1 Å². The SMILES string of the molecule is CSc1cc(-n2cc3cc(-c4cc(CCC[C@H](C)N)cc(C(F)(F)F)c4)[nH]c3nc2=O)cc(F)c1[C@@H]1CCC[C@@H](CCNC(C)=N)N1CCCF. The maximum atomic E-state index is 16.3. The third-order valence-electron chi connectivity index (χ3n) is 9.47.